The van der Waals surface area contributed by atoms with Gasteiger partial charge in [-0.05, 0) is 79.3 Å². The molecular weight excluding hydrogens is 480 g/mol. The second-order valence-electron chi connectivity index (χ2n) is 8.27. The Hall–Kier alpha value is -3.55. The van der Waals surface area contributed by atoms with Crippen molar-refractivity contribution in [1.82, 2.24) is 14.9 Å². The summed E-state index contributed by atoms with van der Waals surface area (Å²) in [5.74, 6) is 1.41. The predicted octanol–water partition coefficient (Wildman–Crippen LogP) is 6.03. The van der Waals surface area contributed by atoms with Crippen LogP contribution >= 0.6 is 23.8 Å². The number of aryl methyl sites for hydroxylation is 1. The smallest absolute Gasteiger partial charge is 0.174 e. The molecule has 0 bridgehead atoms. The van der Waals surface area contributed by atoms with Gasteiger partial charge in [0.05, 0.1) is 31.6 Å². The van der Waals surface area contributed by atoms with Crippen LogP contribution in [-0.4, -0.2) is 28.9 Å². The lowest BCUT2D eigenvalue weighted by molar-refractivity contribution is 0.402. The van der Waals surface area contributed by atoms with Gasteiger partial charge < -0.3 is 24.3 Å². The molecule has 0 spiro atoms. The number of nitrogens with zero attached hydrogens (tertiary/aromatic N) is 3. The molecule has 35 heavy (non-hydrogen) atoms. The average Bonchev–Trinajstić information content (AvgIpc) is 3.50. The van der Waals surface area contributed by atoms with E-state index in [2.05, 4.69) is 38.1 Å². The molecule has 0 saturated carbocycles. The van der Waals surface area contributed by atoms with E-state index in [-0.39, 0.29) is 12.1 Å². The normalized spacial score (nSPS) is 17.4. The van der Waals surface area contributed by atoms with Crippen LogP contribution < -0.4 is 19.7 Å². The van der Waals surface area contributed by atoms with Crippen molar-refractivity contribution in [3.63, 3.8) is 0 Å². The number of aromatic nitrogens is 2. The number of rotatable bonds is 6. The van der Waals surface area contributed by atoms with Gasteiger partial charge >= 0.3 is 0 Å². The van der Waals surface area contributed by atoms with Gasteiger partial charge in [0.15, 0.2) is 5.11 Å². The second kappa shape index (κ2) is 9.60. The van der Waals surface area contributed by atoms with E-state index in [1.165, 1.54) is 0 Å². The summed E-state index contributed by atoms with van der Waals surface area (Å²) >= 11 is 12.2. The minimum atomic E-state index is -0.218. The highest BCUT2D eigenvalue weighted by atomic mass is 35.5. The second-order valence-corrected chi connectivity index (χ2v) is 9.06. The van der Waals surface area contributed by atoms with Gasteiger partial charge in [-0.2, -0.15) is 0 Å². The summed E-state index contributed by atoms with van der Waals surface area (Å²) in [5, 5.41) is 4.83. The maximum atomic E-state index is 6.32. The maximum Gasteiger partial charge on any atom is 0.174 e. The molecule has 1 N–H and O–H groups in total. The molecule has 178 valence electrons. The summed E-state index contributed by atoms with van der Waals surface area (Å²) in [7, 11) is 3.30. The van der Waals surface area contributed by atoms with E-state index in [1.807, 2.05) is 61.5 Å². The first-order chi connectivity index (χ1) is 17.0. The maximum absolute atomic E-state index is 6.32. The fraction of sp³-hybridized carbons (Fsp3) is 0.185. The summed E-state index contributed by atoms with van der Waals surface area (Å²) < 4.78 is 13.4. The summed E-state index contributed by atoms with van der Waals surface area (Å²) in [6.45, 7) is 2.01. The minimum Gasteiger partial charge on any atom is -0.497 e. The molecule has 1 saturated heterocycles. The van der Waals surface area contributed by atoms with Crippen LogP contribution in [-0.2, 0) is 0 Å². The zero-order chi connectivity index (χ0) is 24.5. The minimum absolute atomic E-state index is 0.193. The van der Waals surface area contributed by atoms with Crippen molar-refractivity contribution in [2.45, 2.75) is 19.0 Å². The van der Waals surface area contributed by atoms with Gasteiger partial charge in [0.2, 0.25) is 0 Å². The van der Waals surface area contributed by atoms with Crippen LogP contribution in [0.1, 0.15) is 29.0 Å². The molecule has 3 heterocycles. The average molecular weight is 505 g/mol. The Morgan fingerprint density at radius 1 is 1.00 bits per heavy atom. The monoisotopic (exact) mass is 504 g/mol. The van der Waals surface area contributed by atoms with E-state index < -0.39 is 0 Å². The van der Waals surface area contributed by atoms with Crippen LogP contribution in [0.4, 0.5) is 5.69 Å². The Labute approximate surface area is 215 Å². The number of halogens is 1. The van der Waals surface area contributed by atoms with Crippen molar-refractivity contribution >= 4 is 34.6 Å². The molecule has 2 atom stereocenters. The fourth-order valence-electron chi connectivity index (χ4n) is 4.55. The molecule has 8 heteroatoms. The van der Waals surface area contributed by atoms with Crippen molar-refractivity contribution in [1.29, 1.82) is 0 Å². The standard InChI is InChI=1S/C27H25ClN4O2S/c1-17-15-18(9-11-20(17)28)31-14-6-8-22(31)26-25(21-7-4-5-13-29-21)30-27(35)32(26)23-16-19(33-2)10-12-24(23)34-3/h4-16,25-26H,1-3H3,(H,30,35)/t25-,26+/m1/s1. The Bertz CT molecular complexity index is 1370. The van der Waals surface area contributed by atoms with Crippen LogP contribution in [0.2, 0.25) is 5.02 Å². The van der Waals surface area contributed by atoms with E-state index in [0.29, 0.717) is 16.6 Å². The SMILES string of the molecule is COc1ccc(OC)c(N2C(=S)N[C@H](c3ccccn3)[C@@H]2c2cccn2-c2ccc(Cl)c(C)c2)c1. The molecule has 2 aromatic carbocycles. The quantitative estimate of drug-likeness (QED) is 0.324. The van der Waals surface area contributed by atoms with Crippen LogP contribution in [0.25, 0.3) is 5.69 Å². The number of hydrogen-bond donors (Lipinski definition) is 1. The number of methoxy groups -OCH3 is 2. The summed E-state index contributed by atoms with van der Waals surface area (Å²) in [4.78, 5) is 6.74. The van der Waals surface area contributed by atoms with Crippen LogP contribution in [0.3, 0.4) is 0 Å². The zero-order valence-electron chi connectivity index (χ0n) is 19.6. The van der Waals surface area contributed by atoms with E-state index in [9.17, 15) is 0 Å². The molecule has 6 nitrogen and oxygen atoms in total. The molecule has 1 fully saturated rings. The van der Waals surface area contributed by atoms with E-state index in [4.69, 9.17) is 33.3 Å². The number of thiocarbonyl (C=S) groups is 1. The fourth-order valence-corrected chi connectivity index (χ4v) is 5.01. The molecular formula is C27H25ClN4O2S. The Balaban J connectivity index is 1.71. The first kappa shape index (κ1) is 23.2. The Morgan fingerprint density at radius 3 is 2.57 bits per heavy atom. The zero-order valence-corrected chi connectivity index (χ0v) is 21.2. The van der Waals surface area contributed by atoms with Crippen molar-refractivity contribution in [3.05, 3.63) is 101 Å². The Morgan fingerprint density at radius 2 is 1.86 bits per heavy atom. The van der Waals surface area contributed by atoms with Crippen molar-refractivity contribution in [2.75, 3.05) is 19.1 Å². The summed E-state index contributed by atoms with van der Waals surface area (Å²) in [6.07, 6.45) is 3.85. The van der Waals surface area contributed by atoms with Gasteiger partial charge in [0.1, 0.15) is 17.5 Å². The van der Waals surface area contributed by atoms with E-state index in [0.717, 1.165) is 33.3 Å². The van der Waals surface area contributed by atoms with Gasteiger partial charge in [0.25, 0.3) is 0 Å². The summed E-state index contributed by atoms with van der Waals surface area (Å²) in [6, 6.07) is 21.4. The van der Waals surface area contributed by atoms with Gasteiger partial charge in [-0.15, -0.1) is 0 Å². The third-order valence-corrected chi connectivity index (χ3v) is 6.99. The number of pyridine rings is 1. The molecule has 5 rings (SSSR count). The molecule has 1 aliphatic heterocycles. The van der Waals surface area contributed by atoms with E-state index >= 15 is 0 Å². The lowest BCUT2D eigenvalue weighted by Crippen LogP contribution is -2.30. The predicted molar refractivity (Wildman–Crippen MR) is 143 cm³/mol. The largest absolute Gasteiger partial charge is 0.497 e. The molecule has 0 unspecified atom stereocenters. The van der Waals surface area contributed by atoms with Gasteiger partial charge in [-0.1, -0.05) is 17.7 Å². The molecule has 0 amide bonds. The Kier molecular flexibility index (Phi) is 6.36. The van der Waals surface area contributed by atoms with E-state index in [1.54, 1.807) is 20.4 Å². The van der Waals surface area contributed by atoms with Crippen LogP contribution in [0, 0.1) is 6.92 Å². The molecule has 4 aromatic rings. The number of hydrogen-bond acceptors (Lipinski definition) is 4. The highest BCUT2D eigenvalue weighted by molar-refractivity contribution is 7.80. The number of ether oxygens (including phenoxy) is 2. The van der Waals surface area contributed by atoms with Crippen LogP contribution in [0.5, 0.6) is 11.5 Å². The van der Waals surface area contributed by atoms with Crippen molar-refractivity contribution in [3.8, 4) is 17.2 Å². The number of benzene rings is 2. The lowest BCUT2D eigenvalue weighted by atomic mass is 10.0. The first-order valence-corrected chi connectivity index (χ1v) is 12.0. The topological polar surface area (TPSA) is 51.6 Å². The van der Waals surface area contributed by atoms with Gasteiger partial charge in [-0.3, -0.25) is 4.98 Å². The third kappa shape index (κ3) is 4.22. The first-order valence-electron chi connectivity index (χ1n) is 11.2. The lowest BCUT2D eigenvalue weighted by Gasteiger charge is -2.30. The van der Waals surface area contributed by atoms with Gasteiger partial charge in [0, 0.05) is 34.9 Å². The third-order valence-electron chi connectivity index (χ3n) is 6.25. The van der Waals surface area contributed by atoms with Gasteiger partial charge in [-0.25, -0.2) is 0 Å². The summed E-state index contributed by atoms with van der Waals surface area (Å²) in [5.41, 5.74) is 4.77. The van der Waals surface area contributed by atoms with Crippen molar-refractivity contribution < 1.29 is 9.47 Å². The van der Waals surface area contributed by atoms with Crippen molar-refractivity contribution in [2.24, 2.45) is 0 Å². The number of anilines is 1. The highest BCUT2D eigenvalue weighted by Crippen LogP contribution is 2.46. The molecule has 1 aliphatic rings. The molecule has 2 aromatic heterocycles. The number of nitrogens with one attached hydrogen (secondary N) is 1. The highest BCUT2D eigenvalue weighted by Gasteiger charge is 2.43. The molecule has 0 radical (unpaired) electrons. The van der Waals surface area contributed by atoms with Crippen LogP contribution in [0.15, 0.2) is 79.1 Å². The molecule has 0 aliphatic carbocycles.